The average molecular weight is 332 g/mol. The molecule has 0 aliphatic carbocycles. The minimum absolute atomic E-state index is 0.0699. The Morgan fingerprint density at radius 2 is 2.04 bits per heavy atom. The summed E-state index contributed by atoms with van der Waals surface area (Å²) in [5.41, 5.74) is 0.921. The van der Waals surface area contributed by atoms with Gasteiger partial charge in [0.15, 0.2) is 0 Å². The Morgan fingerprint density at radius 1 is 1.38 bits per heavy atom. The van der Waals surface area contributed by atoms with Crippen LogP contribution in [0, 0.1) is 0 Å². The minimum atomic E-state index is -0.373. The number of carbonyl (C=O) groups excluding carboxylic acids is 1. The van der Waals surface area contributed by atoms with Crippen LogP contribution in [0.4, 0.5) is 0 Å². The molecule has 0 saturated carbocycles. The summed E-state index contributed by atoms with van der Waals surface area (Å²) in [6, 6.07) is 9.92. The van der Waals surface area contributed by atoms with E-state index in [0.29, 0.717) is 12.5 Å². The Balaban J connectivity index is 2.08. The molecular formula is C19H28N2O3. The number of ether oxygens (including phenoxy) is 2. The molecule has 0 unspecified atom stereocenters. The van der Waals surface area contributed by atoms with Crippen molar-refractivity contribution in [3.63, 3.8) is 0 Å². The van der Waals surface area contributed by atoms with Gasteiger partial charge >= 0.3 is 0 Å². The quantitative estimate of drug-likeness (QED) is 0.871. The first-order chi connectivity index (χ1) is 11.2. The molecule has 0 bridgehead atoms. The van der Waals surface area contributed by atoms with Crippen molar-refractivity contribution in [2.45, 2.75) is 64.8 Å². The zero-order chi connectivity index (χ0) is 17.7. The SMILES string of the molecule is CC(=O)N[C@H](C1=N[C@@H](Cc2ccccc2)CO1)[C@H](C)OC(C)(C)C. The van der Waals surface area contributed by atoms with Gasteiger partial charge in [0.2, 0.25) is 11.8 Å². The lowest BCUT2D eigenvalue weighted by Crippen LogP contribution is -2.50. The zero-order valence-electron chi connectivity index (χ0n) is 15.2. The first-order valence-corrected chi connectivity index (χ1v) is 8.44. The van der Waals surface area contributed by atoms with E-state index in [1.54, 1.807) is 0 Å². The molecule has 24 heavy (non-hydrogen) atoms. The van der Waals surface area contributed by atoms with Gasteiger partial charge in [0.25, 0.3) is 0 Å². The monoisotopic (exact) mass is 332 g/mol. The smallest absolute Gasteiger partial charge is 0.217 e. The van der Waals surface area contributed by atoms with Gasteiger partial charge in [-0.1, -0.05) is 30.3 Å². The molecule has 132 valence electrons. The first kappa shape index (κ1) is 18.5. The first-order valence-electron chi connectivity index (χ1n) is 8.44. The van der Waals surface area contributed by atoms with E-state index < -0.39 is 0 Å². The normalized spacial score (nSPS) is 20.0. The molecule has 1 aromatic carbocycles. The van der Waals surface area contributed by atoms with Crippen molar-refractivity contribution in [3.8, 4) is 0 Å². The second-order valence-corrected chi connectivity index (χ2v) is 7.24. The Labute approximate surface area is 144 Å². The molecule has 0 spiro atoms. The third-order valence-corrected chi connectivity index (χ3v) is 3.68. The highest BCUT2D eigenvalue weighted by Crippen LogP contribution is 2.18. The van der Waals surface area contributed by atoms with Crippen molar-refractivity contribution in [2.24, 2.45) is 4.99 Å². The summed E-state index contributed by atoms with van der Waals surface area (Å²) >= 11 is 0. The van der Waals surface area contributed by atoms with Gasteiger partial charge in [-0.3, -0.25) is 4.79 Å². The molecule has 2 rings (SSSR count). The maximum atomic E-state index is 11.6. The number of benzene rings is 1. The molecule has 1 aromatic rings. The van der Waals surface area contributed by atoms with Crippen LogP contribution >= 0.6 is 0 Å². The molecule has 1 aliphatic rings. The van der Waals surface area contributed by atoms with Crippen molar-refractivity contribution in [2.75, 3.05) is 6.61 Å². The van der Waals surface area contributed by atoms with Crippen LogP contribution in [0.1, 0.15) is 40.2 Å². The van der Waals surface area contributed by atoms with Gasteiger partial charge in [0.05, 0.1) is 17.7 Å². The third-order valence-electron chi connectivity index (χ3n) is 3.68. The molecule has 0 fully saturated rings. The van der Waals surface area contributed by atoms with Gasteiger partial charge in [-0.05, 0) is 39.7 Å². The zero-order valence-corrected chi connectivity index (χ0v) is 15.2. The van der Waals surface area contributed by atoms with Crippen LogP contribution in [0.15, 0.2) is 35.3 Å². The van der Waals surface area contributed by atoms with E-state index in [1.165, 1.54) is 12.5 Å². The number of hydrogen-bond acceptors (Lipinski definition) is 4. The maximum absolute atomic E-state index is 11.6. The maximum Gasteiger partial charge on any atom is 0.217 e. The summed E-state index contributed by atoms with van der Waals surface area (Å²) in [7, 11) is 0. The molecule has 0 aromatic heterocycles. The standard InChI is InChI=1S/C19H28N2O3/c1-13(24-19(3,4)5)17(20-14(2)22)18-21-16(12-23-18)11-15-9-7-6-8-10-15/h6-10,13,16-17H,11-12H2,1-5H3,(H,20,22)/t13-,16-,17-/m0/s1. The van der Waals surface area contributed by atoms with Crippen LogP contribution < -0.4 is 5.32 Å². The second-order valence-electron chi connectivity index (χ2n) is 7.24. The number of rotatable bonds is 6. The lowest BCUT2D eigenvalue weighted by atomic mass is 10.1. The van der Waals surface area contributed by atoms with Crippen molar-refractivity contribution in [1.29, 1.82) is 0 Å². The van der Waals surface area contributed by atoms with Gasteiger partial charge in [0.1, 0.15) is 12.6 Å². The molecular weight excluding hydrogens is 304 g/mol. The second kappa shape index (κ2) is 7.79. The number of carbonyl (C=O) groups is 1. The van der Waals surface area contributed by atoms with Gasteiger partial charge in [-0.25, -0.2) is 4.99 Å². The summed E-state index contributed by atoms with van der Waals surface area (Å²) in [5, 5.41) is 2.91. The van der Waals surface area contributed by atoms with Crippen molar-refractivity contribution < 1.29 is 14.3 Å². The third kappa shape index (κ3) is 5.64. The molecule has 0 radical (unpaired) electrons. The number of nitrogens with one attached hydrogen (secondary N) is 1. The number of nitrogens with zero attached hydrogens (tertiary/aromatic N) is 1. The molecule has 5 heteroatoms. The van der Waals surface area contributed by atoms with Crippen LogP contribution in [0.5, 0.6) is 0 Å². The molecule has 1 N–H and O–H groups in total. The minimum Gasteiger partial charge on any atom is -0.477 e. The fourth-order valence-electron chi connectivity index (χ4n) is 2.82. The van der Waals surface area contributed by atoms with Crippen LogP contribution in [0.3, 0.4) is 0 Å². The van der Waals surface area contributed by atoms with Gasteiger partial charge < -0.3 is 14.8 Å². The Kier molecular flexibility index (Phi) is 5.99. The highest BCUT2D eigenvalue weighted by Gasteiger charge is 2.33. The van der Waals surface area contributed by atoms with E-state index in [-0.39, 0.29) is 29.7 Å². The van der Waals surface area contributed by atoms with Crippen molar-refractivity contribution in [1.82, 2.24) is 5.32 Å². The molecule has 3 atom stereocenters. The molecule has 5 nitrogen and oxygen atoms in total. The van der Waals surface area contributed by atoms with E-state index in [2.05, 4.69) is 22.4 Å². The molecule has 1 heterocycles. The van der Waals surface area contributed by atoms with Gasteiger partial charge in [-0.15, -0.1) is 0 Å². The topological polar surface area (TPSA) is 59.9 Å². The number of amides is 1. The summed E-state index contributed by atoms with van der Waals surface area (Å²) in [6.07, 6.45) is 0.592. The number of aliphatic imine (C=N–C) groups is 1. The summed E-state index contributed by atoms with van der Waals surface area (Å²) in [5.74, 6) is 0.435. The summed E-state index contributed by atoms with van der Waals surface area (Å²) < 4.78 is 11.8. The lowest BCUT2D eigenvalue weighted by Gasteiger charge is -2.30. The van der Waals surface area contributed by atoms with Crippen LogP contribution in [0.2, 0.25) is 0 Å². The van der Waals surface area contributed by atoms with Gasteiger partial charge in [0, 0.05) is 6.92 Å². The van der Waals surface area contributed by atoms with Crippen LogP contribution in [-0.4, -0.2) is 42.2 Å². The van der Waals surface area contributed by atoms with Crippen molar-refractivity contribution >= 4 is 11.8 Å². The Morgan fingerprint density at radius 3 is 2.62 bits per heavy atom. The van der Waals surface area contributed by atoms with E-state index in [1.807, 2.05) is 45.9 Å². The van der Waals surface area contributed by atoms with E-state index in [9.17, 15) is 4.79 Å². The summed E-state index contributed by atoms with van der Waals surface area (Å²) in [6.45, 7) is 9.93. The Bertz CT molecular complexity index is 578. The van der Waals surface area contributed by atoms with E-state index in [0.717, 1.165) is 6.42 Å². The fraction of sp³-hybridized carbons (Fsp3) is 0.579. The van der Waals surface area contributed by atoms with Crippen LogP contribution in [-0.2, 0) is 20.7 Å². The number of hydrogen-bond donors (Lipinski definition) is 1. The van der Waals surface area contributed by atoms with Crippen molar-refractivity contribution in [3.05, 3.63) is 35.9 Å². The summed E-state index contributed by atoms with van der Waals surface area (Å²) in [4.78, 5) is 16.3. The van der Waals surface area contributed by atoms with E-state index >= 15 is 0 Å². The molecule has 0 saturated heterocycles. The van der Waals surface area contributed by atoms with E-state index in [4.69, 9.17) is 9.47 Å². The fourth-order valence-corrected chi connectivity index (χ4v) is 2.82. The largest absolute Gasteiger partial charge is 0.477 e. The highest BCUT2D eigenvalue weighted by atomic mass is 16.5. The van der Waals surface area contributed by atoms with Crippen LogP contribution in [0.25, 0.3) is 0 Å². The predicted octanol–water partition coefficient (Wildman–Crippen LogP) is 2.73. The van der Waals surface area contributed by atoms with Gasteiger partial charge in [-0.2, -0.15) is 0 Å². The predicted molar refractivity (Wildman–Crippen MR) is 95.2 cm³/mol. The lowest BCUT2D eigenvalue weighted by molar-refractivity contribution is -0.121. The molecule has 1 aliphatic heterocycles. The molecule has 1 amide bonds. The average Bonchev–Trinajstić information content (AvgIpc) is 2.92. The highest BCUT2D eigenvalue weighted by molar-refractivity contribution is 5.88. The Hall–Kier alpha value is -1.88.